The summed E-state index contributed by atoms with van der Waals surface area (Å²) in [7, 11) is 3.42. The Balaban J connectivity index is 1.58. The largest absolute Gasteiger partial charge is 0.497 e. The predicted octanol–water partition coefficient (Wildman–Crippen LogP) is 4.16. The first-order valence-corrected chi connectivity index (χ1v) is 10.0. The van der Waals surface area contributed by atoms with E-state index in [0.717, 1.165) is 34.0 Å². The van der Waals surface area contributed by atoms with E-state index in [0.29, 0.717) is 17.8 Å². The third-order valence-electron chi connectivity index (χ3n) is 5.43. The van der Waals surface area contributed by atoms with Gasteiger partial charge in [0.15, 0.2) is 0 Å². The summed E-state index contributed by atoms with van der Waals surface area (Å²) < 4.78 is 7.14. The van der Waals surface area contributed by atoms with Gasteiger partial charge in [0.05, 0.1) is 35.9 Å². The summed E-state index contributed by atoms with van der Waals surface area (Å²) in [6.07, 6.45) is 1.57. The monoisotopic (exact) mass is 415 g/mol. The molecule has 0 saturated heterocycles. The highest BCUT2D eigenvalue weighted by atomic mass is 16.5. The van der Waals surface area contributed by atoms with Crippen molar-refractivity contribution in [3.8, 4) is 22.7 Å². The second-order valence-corrected chi connectivity index (χ2v) is 7.45. The number of carbonyl (C=O) groups is 1. The van der Waals surface area contributed by atoms with Crippen molar-refractivity contribution in [3.05, 3.63) is 83.3 Å². The van der Waals surface area contributed by atoms with Gasteiger partial charge in [-0.3, -0.25) is 9.89 Å². The Morgan fingerprint density at radius 1 is 1.10 bits per heavy atom. The van der Waals surface area contributed by atoms with Crippen molar-refractivity contribution in [1.82, 2.24) is 24.9 Å². The highest BCUT2D eigenvalue weighted by Crippen LogP contribution is 2.26. The lowest BCUT2D eigenvalue weighted by molar-refractivity contribution is 0.0785. The molecule has 31 heavy (non-hydrogen) atoms. The van der Waals surface area contributed by atoms with Crippen LogP contribution >= 0.6 is 0 Å². The highest BCUT2D eigenvalue weighted by Gasteiger charge is 2.22. The fraction of sp³-hybridized carbons (Fsp3) is 0.208. The average molecular weight is 415 g/mol. The van der Waals surface area contributed by atoms with E-state index >= 15 is 0 Å². The minimum atomic E-state index is -0.106. The summed E-state index contributed by atoms with van der Waals surface area (Å²) in [4.78, 5) is 14.9. The van der Waals surface area contributed by atoms with Crippen LogP contribution in [0.3, 0.4) is 0 Å². The van der Waals surface area contributed by atoms with E-state index in [-0.39, 0.29) is 5.91 Å². The molecule has 7 nitrogen and oxygen atoms in total. The molecule has 158 valence electrons. The molecule has 0 radical (unpaired) electrons. The van der Waals surface area contributed by atoms with Crippen molar-refractivity contribution in [2.24, 2.45) is 0 Å². The van der Waals surface area contributed by atoms with E-state index < -0.39 is 0 Å². The van der Waals surface area contributed by atoms with Gasteiger partial charge in [-0.25, -0.2) is 4.68 Å². The first-order valence-electron chi connectivity index (χ1n) is 10.0. The number of aromatic amines is 1. The van der Waals surface area contributed by atoms with Crippen molar-refractivity contribution in [1.29, 1.82) is 0 Å². The minimum Gasteiger partial charge on any atom is -0.497 e. The first-order chi connectivity index (χ1) is 15.0. The second kappa shape index (κ2) is 8.47. The van der Waals surface area contributed by atoms with Crippen LogP contribution in [0.15, 0.2) is 60.8 Å². The van der Waals surface area contributed by atoms with Crippen LogP contribution in [-0.4, -0.2) is 44.9 Å². The van der Waals surface area contributed by atoms with Crippen LogP contribution in [-0.2, 0) is 6.54 Å². The maximum absolute atomic E-state index is 13.2. The number of aryl methyl sites for hydroxylation is 1. The van der Waals surface area contributed by atoms with Gasteiger partial charge in [0.2, 0.25) is 0 Å². The molecular formula is C24H25N5O2. The molecule has 7 heteroatoms. The molecule has 0 fully saturated rings. The number of hydrogen-bond acceptors (Lipinski definition) is 4. The number of methoxy groups -OCH3 is 1. The van der Waals surface area contributed by atoms with Gasteiger partial charge in [-0.2, -0.15) is 10.2 Å². The van der Waals surface area contributed by atoms with E-state index in [9.17, 15) is 4.79 Å². The van der Waals surface area contributed by atoms with E-state index in [4.69, 9.17) is 4.74 Å². The summed E-state index contributed by atoms with van der Waals surface area (Å²) in [6, 6.07) is 17.5. The van der Waals surface area contributed by atoms with E-state index in [1.807, 2.05) is 73.1 Å². The number of ether oxygens (including phenoxy) is 1. The molecule has 0 saturated carbocycles. The number of carbonyl (C=O) groups excluding carboxylic acids is 1. The Morgan fingerprint density at radius 3 is 2.48 bits per heavy atom. The standard InChI is InChI=1S/C24H25N5O2/c1-16-22(17(2)29(27-16)19-8-6-5-7-9-19)15-28(3)24(30)21-14-25-26-23(21)18-10-12-20(31-4)13-11-18/h5-14H,15H2,1-4H3,(H,25,26). The molecule has 2 heterocycles. The number of aromatic nitrogens is 4. The number of hydrogen-bond donors (Lipinski definition) is 1. The van der Waals surface area contributed by atoms with Crippen LogP contribution in [0, 0.1) is 13.8 Å². The van der Waals surface area contributed by atoms with Gasteiger partial charge in [0.25, 0.3) is 5.91 Å². The van der Waals surface area contributed by atoms with Gasteiger partial charge in [-0.1, -0.05) is 18.2 Å². The van der Waals surface area contributed by atoms with Gasteiger partial charge in [0, 0.05) is 30.4 Å². The summed E-state index contributed by atoms with van der Waals surface area (Å²) in [6.45, 7) is 4.46. The number of nitrogens with zero attached hydrogens (tertiary/aromatic N) is 4. The third-order valence-corrected chi connectivity index (χ3v) is 5.43. The molecule has 0 bridgehead atoms. The molecule has 0 spiro atoms. The number of nitrogens with one attached hydrogen (secondary N) is 1. The molecule has 2 aromatic heterocycles. The number of benzene rings is 2. The summed E-state index contributed by atoms with van der Waals surface area (Å²) >= 11 is 0. The van der Waals surface area contributed by atoms with Gasteiger partial charge >= 0.3 is 0 Å². The molecular weight excluding hydrogens is 390 g/mol. The normalized spacial score (nSPS) is 10.8. The van der Waals surface area contributed by atoms with Crippen molar-refractivity contribution >= 4 is 5.91 Å². The van der Waals surface area contributed by atoms with Gasteiger partial charge in [0.1, 0.15) is 5.75 Å². The molecule has 1 amide bonds. The number of para-hydroxylation sites is 1. The number of amides is 1. The Kier molecular flexibility index (Phi) is 5.58. The molecule has 4 aromatic rings. The molecule has 2 aromatic carbocycles. The van der Waals surface area contributed by atoms with Crippen molar-refractivity contribution in [3.63, 3.8) is 0 Å². The highest BCUT2D eigenvalue weighted by molar-refractivity contribution is 5.99. The zero-order valence-electron chi connectivity index (χ0n) is 18.1. The maximum Gasteiger partial charge on any atom is 0.257 e. The minimum absolute atomic E-state index is 0.106. The summed E-state index contributed by atoms with van der Waals surface area (Å²) in [5, 5.41) is 11.7. The fourth-order valence-electron chi connectivity index (χ4n) is 3.67. The van der Waals surface area contributed by atoms with Crippen LogP contribution in [0.4, 0.5) is 0 Å². The Labute approximate surface area is 181 Å². The molecule has 0 aliphatic rings. The van der Waals surface area contributed by atoms with Crippen molar-refractivity contribution in [2.45, 2.75) is 20.4 Å². The molecule has 4 rings (SSSR count). The van der Waals surface area contributed by atoms with Gasteiger partial charge in [-0.05, 0) is 50.2 Å². The smallest absolute Gasteiger partial charge is 0.257 e. The van der Waals surface area contributed by atoms with E-state index in [1.165, 1.54) is 0 Å². The van der Waals surface area contributed by atoms with Crippen molar-refractivity contribution in [2.75, 3.05) is 14.2 Å². The molecule has 0 aliphatic carbocycles. The first kappa shape index (κ1) is 20.4. The Hall–Kier alpha value is -3.87. The Morgan fingerprint density at radius 2 is 1.81 bits per heavy atom. The van der Waals surface area contributed by atoms with E-state index in [1.54, 1.807) is 25.3 Å². The Bertz CT molecular complexity index is 1190. The number of H-pyrrole nitrogens is 1. The average Bonchev–Trinajstić information content (AvgIpc) is 3.40. The zero-order chi connectivity index (χ0) is 22.0. The maximum atomic E-state index is 13.2. The molecule has 0 atom stereocenters. The fourth-order valence-corrected chi connectivity index (χ4v) is 3.67. The third kappa shape index (κ3) is 3.94. The topological polar surface area (TPSA) is 76.0 Å². The molecule has 0 unspecified atom stereocenters. The zero-order valence-corrected chi connectivity index (χ0v) is 18.1. The van der Waals surface area contributed by atoms with Crippen LogP contribution in [0.2, 0.25) is 0 Å². The second-order valence-electron chi connectivity index (χ2n) is 7.45. The molecule has 1 N–H and O–H groups in total. The lowest BCUT2D eigenvalue weighted by atomic mass is 10.1. The van der Waals surface area contributed by atoms with Crippen LogP contribution in [0.25, 0.3) is 16.9 Å². The van der Waals surface area contributed by atoms with Crippen LogP contribution in [0.1, 0.15) is 27.3 Å². The quantitative estimate of drug-likeness (QED) is 0.513. The van der Waals surface area contributed by atoms with Gasteiger partial charge in [-0.15, -0.1) is 0 Å². The SMILES string of the molecule is COc1ccc(-c2[nH]ncc2C(=O)N(C)Cc2c(C)nn(-c3ccccc3)c2C)cc1. The van der Waals surface area contributed by atoms with Gasteiger partial charge < -0.3 is 9.64 Å². The summed E-state index contributed by atoms with van der Waals surface area (Å²) in [5.74, 6) is 0.653. The van der Waals surface area contributed by atoms with Crippen molar-refractivity contribution < 1.29 is 9.53 Å². The predicted molar refractivity (Wildman–Crippen MR) is 119 cm³/mol. The lowest BCUT2D eigenvalue weighted by Crippen LogP contribution is -2.27. The molecule has 0 aliphatic heterocycles. The van der Waals surface area contributed by atoms with Crippen LogP contribution < -0.4 is 4.74 Å². The summed E-state index contributed by atoms with van der Waals surface area (Å²) in [5.41, 5.74) is 6.05. The van der Waals surface area contributed by atoms with E-state index in [2.05, 4.69) is 15.3 Å². The lowest BCUT2D eigenvalue weighted by Gasteiger charge is -2.18. The van der Waals surface area contributed by atoms with Crippen LogP contribution in [0.5, 0.6) is 5.75 Å². The number of rotatable bonds is 6.